The van der Waals surface area contributed by atoms with E-state index in [2.05, 4.69) is 43.0 Å². The molecule has 6 heteroatoms. The largest absolute Gasteiger partial charge is 0.461 e. The summed E-state index contributed by atoms with van der Waals surface area (Å²) in [6.45, 7) is 17.7. The molecular formula is C34H49ClN2O3. The highest BCUT2D eigenvalue weighted by Gasteiger charge is 2.20. The van der Waals surface area contributed by atoms with Gasteiger partial charge in [-0.2, -0.15) is 0 Å². The number of benzene rings is 2. The van der Waals surface area contributed by atoms with E-state index in [9.17, 15) is 9.59 Å². The quantitative estimate of drug-likeness (QED) is 0.272. The van der Waals surface area contributed by atoms with Gasteiger partial charge in [-0.1, -0.05) is 69.6 Å². The van der Waals surface area contributed by atoms with Crippen LogP contribution in [0.25, 0.3) is 5.57 Å². The second-order valence-corrected chi connectivity index (χ2v) is 10.9. The standard InChI is InChI=1S/C17H23N.C10H11ClO2.C5H9NO.C2H6/c1-3-18-10-8-14(9-11-18)16-7-6-15-5-4-13(2)17(15)12-16;1-7-3-9(5-10(11)4-7)6-13-8(2)12;7-5-6-3-1-2-4-6;1-2/h6-8,12-13H,3-5,9-11H2,1-2H3;3-5H,6H2,1-2H3;5H,1-4H2;1-2H3. The fourth-order valence-corrected chi connectivity index (χ4v) is 5.51. The van der Waals surface area contributed by atoms with Gasteiger partial charge in [0.1, 0.15) is 6.61 Å². The van der Waals surface area contributed by atoms with Crippen LogP contribution in [0.15, 0.2) is 42.5 Å². The summed E-state index contributed by atoms with van der Waals surface area (Å²) in [6.07, 6.45) is 9.56. The van der Waals surface area contributed by atoms with E-state index in [1.165, 1.54) is 57.7 Å². The van der Waals surface area contributed by atoms with Crippen LogP contribution in [0.1, 0.15) is 94.0 Å². The molecule has 3 aliphatic rings. The van der Waals surface area contributed by atoms with E-state index >= 15 is 0 Å². The Kier molecular flexibility index (Phi) is 15.1. The van der Waals surface area contributed by atoms with E-state index in [0.29, 0.717) is 5.02 Å². The lowest BCUT2D eigenvalue weighted by atomic mass is 9.94. The Morgan fingerprint density at radius 3 is 2.35 bits per heavy atom. The molecule has 40 heavy (non-hydrogen) atoms. The number of likely N-dealkylation sites (N-methyl/N-ethyl adjacent to an activating group) is 1. The summed E-state index contributed by atoms with van der Waals surface area (Å²) in [5.74, 6) is 0.480. The topological polar surface area (TPSA) is 49.9 Å². The molecule has 1 amide bonds. The fraction of sp³-hybridized carbons (Fsp3) is 0.529. The first kappa shape index (κ1) is 33.6. The van der Waals surface area contributed by atoms with Crippen LogP contribution >= 0.6 is 11.6 Å². The average Bonchev–Trinajstić information content (AvgIpc) is 3.63. The van der Waals surface area contributed by atoms with Gasteiger partial charge in [-0.3, -0.25) is 14.5 Å². The number of likely N-dealkylation sites (tertiary alicyclic amines) is 1. The first-order valence-corrected chi connectivity index (χ1v) is 15.3. The van der Waals surface area contributed by atoms with Gasteiger partial charge in [0.05, 0.1) is 0 Å². The third kappa shape index (κ3) is 11.1. The lowest BCUT2D eigenvalue weighted by Crippen LogP contribution is -2.28. The van der Waals surface area contributed by atoms with Crippen LogP contribution < -0.4 is 0 Å². The molecule has 1 saturated heterocycles. The lowest BCUT2D eigenvalue weighted by Gasteiger charge is -2.25. The van der Waals surface area contributed by atoms with E-state index in [1.807, 2.05) is 32.9 Å². The van der Waals surface area contributed by atoms with Gasteiger partial charge in [-0.25, -0.2) is 0 Å². The van der Waals surface area contributed by atoms with Crippen molar-refractivity contribution in [2.45, 2.75) is 86.2 Å². The van der Waals surface area contributed by atoms with Crippen molar-refractivity contribution in [3.63, 3.8) is 0 Å². The van der Waals surface area contributed by atoms with Crippen LogP contribution in [0.3, 0.4) is 0 Å². The minimum absolute atomic E-state index is 0.280. The lowest BCUT2D eigenvalue weighted by molar-refractivity contribution is -0.142. The summed E-state index contributed by atoms with van der Waals surface area (Å²) < 4.78 is 4.84. The van der Waals surface area contributed by atoms with Crippen LogP contribution in [-0.2, 0) is 27.4 Å². The van der Waals surface area contributed by atoms with Gasteiger partial charge in [0.25, 0.3) is 0 Å². The van der Waals surface area contributed by atoms with Crippen LogP contribution in [0.4, 0.5) is 0 Å². The van der Waals surface area contributed by atoms with Gasteiger partial charge < -0.3 is 9.64 Å². The molecule has 2 aliphatic heterocycles. The summed E-state index contributed by atoms with van der Waals surface area (Å²) in [5, 5.41) is 0.669. The Hall–Kier alpha value is -2.63. The predicted molar refractivity (Wildman–Crippen MR) is 168 cm³/mol. The van der Waals surface area contributed by atoms with Crippen molar-refractivity contribution in [1.82, 2.24) is 9.80 Å². The summed E-state index contributed by atoms with van der Waals surface area (Å²) in [5.41, 5.74) is 8.19. The minimum Gasteiger partial charge on any atom is -0.461 e. The molecule has 5 nitrogen and oxygen atoms in total. The highest BCUT2D eigenvalue weighted by molar-refractivity contribution is 6.30. The van der Waals surface area contributed by atoms with E-state index in [1.54, 1.807) is 27.7 Å². The van der Waals surface area contributed by atoms with Gasteiger partial charge in [0.2, 0.25) is 6.41 Å². The number of esters is 1. The third-order valence-corrected chi connectivity index (χ3v) is 7.69. The number of halogens is 1. The molecule has 0 N–H and O–H groups in total. The molecule has 0 radical (unpaired) electrons. The Labute approximate surface area is 247 Å². The molecule has 5 rings (SSSR count). The number of carbonyl (C=O) groups is 2. The molecule has 0 saturated carbocycles. The van der Waals surface area contributed by atoms with E-state index in [-0.39, 0.29) is 12.6 Å². The Morgan fingerprint density at radius 2 is 1.80 bits per heavy atom. The van der Waals surface area contributed by atoms with Crippen molar-refractivity contribution >= 4 is 29.6 Å². The number of hydrogen-bond donors (Lipinski definition) is 0. The molecular weight excluding hydrogens is 520 g/mol. The molecule has 1 unspecified atom stereocenters. The average molecular weight is 569 g/mol. The monoisotopic (exact) mass is 568 g/mol. The maximum atomic E-state index is 10.5. The number of nitrogens with zero attached hydrogens (tertiary/aromatic N) is 2. The molecule has 2 aromatic carbocycles. The molecule has 1 aliphatic carbocycles. The van der Waals surface area contributed by atoms with Crippen molar-refractivity contribution in [2.24, 2.45) is 0 Å². The molecule has 0 aromatic heterocycles. The summed E-state index contributed by atoms with van der Waals surface area (Å²) in [4.78, 5) is 24.8. The SMILES string of the molecule is CC.CC(=O)OCc1cc(C)cc(Cl)c1.CCN1CC=C(c2ccc3c(c2)C(C)CC3)CC1.O=CN1CCCC1. The van der Waals surface area contributed by atoms with Crippen molar-refractivity contribution in [1.29, 1.82) is 0 Å². The molecule has 0 bridgehead atoms. The molecule has 2 aromatic rings. The van der Waals surface area contributed by atoms with Gasteiger partial charge in [0.15, 0.2) is 0 Å². The van der Waals surface area contributed by atoms with Crippen molar-refractivity contribution in [3.8, 4) is 0 Å². The number of fused-ring (bicyclic) bond motifs is 1. The number of hydrogen-bond acceptors (Lipinski definition) is 4. The fourth-order valence-electron chi connectivity index (χ4n) is 5.20. The Morgan fingerprint density at radius 1 is 1.07 bits per heavy atom. The van der Waals surface area contributed by atoms with Gasteiger partial charge >= 0.3 is 5.97 Å². The van der Waals surface area contributed by atoms with Crippen LogP contribution in [0.2, 0.25) is 5.02 Å². The highest BCUT2D eigenvalue weighted by Crippen LogP contribution is 2.35. The number of carbonyl (C=O) groups excluding carboxylic acids is 2. The number of rotatable bonds is 5. The maximum absolute atomic E-state index is 10.5. The zero-order chi connectivity index (χ0) is 29.5. The molecule has 0 spiro atoms. The summed E-state index contributed by atoms with van der Waals surface area (Å²) >= 11 is 5.82. The van der Waals surface area contributed by atoms with E-state index < -0.39 is 0 Å². The Balaban J connectivity index is 0.000000223. The van der Waals surface area contributed by atoms with Crippen molar-refractivity contribution in [3.05, 3.63) is 75.3 Å². The van der Waals surface area contributed by atoms with Crippen LogP contribution in [-0.4, -0.2) is 54.9 Å². The zero-order valence-electron chi connectivity index (χ0n) is 25.5. The molecule has 220 valence electrons. The molecule has 1 fully saturated rings. The van der Waals surface area contributed by atoms with Crippen molar-refractivity contribution in [2.75, 3.05) is 32.7 Å². The van der Waals surface area contributed by atoms with Crippen molar-refractivity contribution < 1.29 is 14.3 Å². The zero-order valence-corrected chi connectivity index (χ0v) is 26.2. The first-order chi connectivity index (χ1) is 19.3. The third-order valence-electron chi connectivity index (χ3n) is 7.47. The number of aryl methyl sites for hydroxylation is 2. The minimum atomic E-state index is -0.280. The number of ether oxygens (including phenoxy) is 1. The van der Waals surface area contributed by atoms with Gasteiger partial charge in [-0.15, -0.1) is 0 Å². The first-order valence-electron chi connectivity index (χ1n) is 14.9. The predicted octanol–water partition coefficient (Wildman–Crippen LogP) is 7.82. The molecule has 2 heterocycles. The number of amides is 1. The van der Waals surface area contributed by atoms with Crippen LogP contribution in [0.5, 0.6) is 0 Å². The second-order valence-electron chi connectivity index (χ2n) is 10.5. The van der Waals surface area contributed by atoms with E-state index in [4.69, 9.17) is 16.3 Å². The normalized spacial score (nSPS) is 17.6. The van der Waals surface area contributed by atoms with Crippen LogP contribution in [0, 0.1) is 6.92 Å². The van der Waals surface area contributed by atoms with E-state index in [0.717, 1.165) is 43.1 Å². The smallest absolute Gasteiger partial charge is 0.302 e. The maximum Gasteiger partial charge on any atom is 0.302 e. The Bertz CT molecular complexity index is 1090. The molecule has 1 atom stereocenters. The second kappa shape index (κ2) is 17.9. The van der Waals surface area contributed by atoms with Gasteiger partial charge in [-0.05, 0) is 97.0 Å². The summed E-state index contributed by atoms with van der Waals surface area (Å²) in [7, 11) is 0. The van der Waals surface area contributed by atoms with Gasteiger partial charge in [0, 0.05) is 38.1 Å². The summed E-state index contributed by atoms with van der Waals surface area (Å²) in [6, 6.07) is 12.7. The highest BCUT2D eigenvalue weighted by atomic mass is 35.5.